The minimum absolute atomic E-state index is 0.240. The standard InChI is InChI=1S/C27H31NO4/c1-19-6-5-9-23(10-19)28(16-20-7-3-2-4-8-20)24(29)17-32-25(30)26-12-21-11-22(13-26)15-27(31,14-21)18-26/h2-10,21-22,31H,11-18H2,1H3/t21-,22+,26?,27?. The van der Waals surface area contributed by atoms with Crippen LogP contribution in [0.2, 0.25) is 0 Å². The van der Waals surface area contributed by atoms with Gasteiger partial charge in [0.2, 0.25) is 0 Å². The fraction of sp³-hybridized carbons (Fsp3) is 0.481. The predicted octanol–water partition coefficient (Wildman–Crippen LogP) is 4.40. The number of anilines is 1. The zero-order valence-electron chi connectivity index (χ0n) is 18.6. The summed E-state index contributed by atoms with van der Waals surface area (Å²) in [7, 11) is 0. The summed E-state index contributed by atoms with van der Waals surface area (Å²) in [5.74, 6) is 0.247. The zero-order valence-corrected chi connectivity index (χ0v) is 18.6. The Morgan fingerprint density at radius 1 is 1.03 bits per heavy atom. The van der Waals surface area contributed by atoms with E-state index < -0.39 is 11.0 Å². The normalized spacial score (nSPS) is 30.2. The average molecular weight is 434 g/mol. The van der Waals surface area contributed by atoms with Crippen LogP contribution in [0.15, 0.2) is 54.6 Å². The van der Waals surface area contributed by atoms with Crippen LogP contribution in [0.25, 0.3) is 0 Å². The lowest BCUT2D eigenvalue weighted by Gasteiger charge is -2.58. The molecule has 6 rings (SSSR count). The molecule has 168 valence electrons. The second-order valence-corrected chi connectivity index (χ2v) is 10.3. The van der Waals surface area contributed by atoms with Gasteiger partial charge in [0.25, 0.3) is 5.91 Å². The van der Waals surface area contributed by atoms with Gasteiger partial charge in [0.05, 0.1) is 17.6 Å². The molecule has 4 bridgehead atoms. The maximum Gasteiger partial charge on any atom is 0.312 e. The van der Waals surface area contributed by atoms with Gasteiger partial charge in [-0.15, -0.1) is 0 Å². The summed E-state index contributed by atoms with van der Waals surface area (Å²) in [5.41, 5.74) is 1.52. The Kier molecular flexibility index (Phi) is 5.32. The monoisotopic (exact) mass is 433 g/mol. The number of benzene rings is 2. The first-order chi connectivity index (χ1) is 15.3. The van der Waals surface area contributed by atoms with Gasteiger partial charge in [0.15, 0.2) is 6.61 Å². The molecule has 2 unspecified atom stereocenters. The largest absolute Gasteiger partial charge is 0.455 e. The zero-order chi connectivity index (χ0) is 22.3. The maximum atomic E-state index is 13.3. The number of amides is 1. The Labute approximate surface area is 189 Å². The summed E-state index contributed by atoms with van der Waals surface area (Å²) in [4.78, 5) is 28.1. The minimum Gasteiger partial charge on any atom is -0.455 e. The molecule has 0 aromatic heterocycles. The Morgan fingerprint density at radius 3 is 2.41 bits per heavy atom. The quantitative estimate of drug-likeness (QED) is 0.686. The topological polar surface area (TPSA) is 66.8 Å². The van der Waals surface area contributed by atoms with E-state index in [2.05, 4.69) is 0 Å². The van der Waals surface area contributed by atoms with Gasteiger partial charge in [-0.1, -0.05) is 42.5 Å². The van der Waals surface area contributed by atoms with Crippen LogP contribution in [-0.4, -0.2) is 29.2 Å². The molecule has 4 aliphatic carbocycles. The van der Waals surface area contributed by atoms with Gasteiger partial charge in [0.1, 0.15) is 0 Å². The number of rotatable bonds is 6. The van der Waals surface area contributed by atoms with E-state index in [1.807, 2.05) is 61.5 Å². The fourth-order valence-corrected chi connectivity index (χ4v) is 6.70. The van der Waals surface area contributed by atoms with Crippen LogP contribution >= 0.6 is 0 Å². The Bertz CT molecular complexity index is 1000. The third-order valence-corrected chi connectivity index (χ3v) is 7.59. The van der Waals surface area contributed by atoms with E-state index in [-0.39, 0.29) is 18.5 Å². The van der Waals surface area contributed by atoms with Crippen LogP contribution in [0.1, 0.15) is 49.7 Å². The van der Waals surface area contributed by atoms with Crippen molar-refractivity contribution in [2.24, 2.45) is 17.3 Å². The number of carbonyl (C=O) groups is 2. The van der Waals surface area contributed by atoms with Crippen molar-refractivity contribution in [3.63, 3.8) is 0 Å². The first-order valence-electron chi connectivity index (χ1n) is 11.6. The number of aryl methyl sites for hydroxylation is 1. The lowest BCUT2D eigenvalue weighted by Crippen LogP contribution is -2.58. The van der Waals surface area contributed by atoms with E-state index in [4.69, 9.17) is 4.74 Å². The SMILES string of the molecule is Cc1cccc(N(Cc2ccccc2)C(=O)COC(=O)C23C[C@@H]4C[C@@H](CC(O)(C4)C2)C3)c1. The molecule has 0 radical (unpaired) electrons. The van der Waals surface area contributed by atoms with E-state index >= 15 is 0 Å². The highest BCUT2D eigenvalue weighted by Crippen LogP contribution is 2.61. The lowest BCUT2D eigenvalue weighted by atomic mass is 9.48. The van der Waals surface area contributed by atoms with Crippen LogP contribution < -0.4 is 4.90 Å². The third-order valence-electron chi connectivity index (χ3n) is 7.59. The Balaban J connectivity index is 1.31. The van der Waals surface area contributed by atoms with Gasteiger partial charge < -0.3 is 14.7 Å². The van der Waals surface area contributed by atoms with Crippen LogP contribution in [0, 0.1) is 24.2 Å². The molecule has 0 aliphatic heterocycles. The molecule has 32 heavy (non-hydrogen) atoms. The number of hydrogen-bond donors (Lipinski definition) is 1. The second kappa shape index (κ2) is 8.04. The Morgan fingerprint density at radius 2 is 1.75 bits per heavy atom. The number of carbonyl (C=O) groups excluding carboxylic acids is 2. The van der Waals surface area contributed by atoms with Crippen molar-refractivity contribution in [2.45, 2.75) is 57.6 Å². The van der Waals surface area contributed by atoms with Gasteiger partial charge in [-0.3, -0.25) is 9.59 Å². The molecule has 0 spiro atoms. The fourth-order valence-electron chi connectivity index (χ4n) is 6.70. The highest BCUT2D eigenvalue weighted by Gasteiger charge is 2.60. The van der Waals surface area contributed by atoms with Gasteiger partial charge in [-0.05, 0) is 80.5 Å². The van der Waals surface area contributed by atoms with Crippen molar-refractivity contribution >= 4 is 17.6 Å². The molecule has 1 amide bonds. The summed E-state index contributed by atoms with van der Waals surface area (Å²) in [5, 5.41) is 10.9. The molecule has 4 fully saturated rings. The highest BCUT2D eigenvalue weighted by molar-refractivity contribution is 5.95. The van der Waals surface area contributed by atoms with Crippen molar-refractivity contribution in [2.75, 3.05) is 11.5 Å². The van der Waals surface area contributed by atoms with Crippen molar-refractivity contribution in [3.8, 4) is 0 Å². The molecule has 4 aliphatic rings. The predicted molar refractivity (Wildman–Crippen MR) is 122 cm³/mol. The molecular weight excluding hydrogens is 402 g/mol. The summed E-state index contributed by atoms with van der Waals surface area (Å²) >= 11 is 0. The van der Waals surface area contributed by atoms with E-state index in [0.717, 1.165) is 48.9 Å². The van der Waals surface area contributed by atoms with Crippen molar-refractivity contribution < 1.29 is 19.4 Å². The lowest BCUT2D eigenvalue weighted by molar-refractivity contribution is -0.196. The molecule has 2 aromatic carbocycles. The number of aliphatic hydroxyl groups is 1. The molecular formula is C27H31NO4. The minimum atomic E-state index is -0.728. The van der Waals surface area contributed by atoms with Gasteiger partial charge in [-0.2, -0.15) is 0 Å². The van der Waals surface area contributed by atoms with E-state index in [1.165, 1.54) is 0 Å². The number of hydrogen-bond acceptors (Lipinski definition) is 4. The van der Waals surface area contributed by atoms with Crippen LogP contribution in [-0.2, 0) is 20.9 Å². The summed E-state index contributed by atoms with van der Waals surface area (Å²) < 4.78 is 5.66. The van der Waals surface area contributed by atoms with Crippen LogP contribution in [0.5, 0.6) is 0 Å². The number of esters is 1. The molecule has 4 saturated carbocycles. The molecule has 5 heteroatoms. The first-order valence-corrected chi connectivity index (χ1v) is 11.6. The van der Waals surface area contributed by atoms with Gasteiger partial charge >= 0.3 is 5.97 Å². The van der Waals surface area contributed by atoms with Crippen LogP contribution in [0.3, 0.4) is 0 Å². The average Bonchev–Trinajstić information content (AvgIpc) is 2.74. The summed E-state index contributed by atoms with van der Waals surface area (Å²) in [6.45, 7) is 2.12. The summed E-state index contributed by atoms with van der Waals surface area (Å²) in [6, 6.07) is 17.6. The first kappa shape index (κ1) is 21.2. The molecule has 0 heterocycles. The van der Waals surface area contributed by atoms with E-state index in [0.29, 0.717) is 24.8 Å². The number of nitrogens with zero attached hydrogens (tertiary/aromatic N) is 1. The number of ether oxygens (including phenoxy) is 1. The smallest absolute Gasteiger partial charge is 0.312 e. The van der Waals surface area contributed by atoms with E-state index in [9.17, 15) is 14.7 Å². The van der Waals surface area contributed by atoms with Crippen molar-refractivity contribution in [3.05, 3.63) is 65.7 Å². The van der Waals surface area contributed by atoms with Gasteiger partial charge in [-0.25, -0.2) is 0 Å². The maximum absolute atomic E-state index is 13.3. The summed E-state index contributed by atoms with van der Waals surface area (Å²) in [6.07, 6.45) is 4.75. The Hall–Kier alpha value is -2.66. The molecule has 1 N–H and O–H groups in total. The molecule has 5 nitrogen and oxygen atoms in total. The van der Waals surface area contributed by atoms with Gasteiger partial charge in [0, 0.05) is 5.69 Å². The second-order valence-electron chi connectivity index (χ2n) is 10.3. The molecule has 0 saturated heterocycles. The van der Waals surface area contributed by atoms with Crippen LogP contribution in [0.4, 0.5) is 5.69 Å². The van der Waals surface area contributed by atoms with E-state index in [1.54, 1.807) is 4.90 Å². The third kappa shape index (κ3) is 4.06. The highest BCUT2D eigenvalue weighted by atomic mass is 16.5. The molecule has 2 aromatic rings. The van der Waals surface area contributed by atoms with Crippen molar-refractivity contribution in [1.82, 2.24) is 0 Å². The molecule has 4 atom stereocenters. The van der Waals surface area contributed by atoms with Crippen molar-refractivity contribution in [1.29, 1.82) is 0 Å².